The predicted octanol–water partition coefficient (Wildman–Crippen LogP) is 3.53. The van der Waals surface area contributed by atoms with Crippen molar-refractivity contribution in [3.05, 3.63) is 52.2 Å². The zero-order valence-corrected chi connectivity index (χ0v) is 12.7. The Balaban J connectivity index is 1.86. The fourth-order valence-electron chi connectivity index (χ4n) is 2.01. The normalized spacial score (nSPS) is 13.9. The fourth-order valence-corrected chi connectivity index (χ4v) is 2.72. The van der Waals surface area contributed by atoms with E-state index in [0.717, 1.165) is 11.3 Å². The second-order valence-corrected chi connectivity index (χ2v) is 5.48. The van der Waals surface area contributed by atoms with E-state index in [0.29, 0.717) is 13.2 Å². The van der Waals surface area contributed by atoms with Gasteiger partial charge < -0.3 is 15.2 Å². The molecule has 2 rings (SSSR count). The van der Waals surface area contributed by atoms with Crippen LogP contribution in [0.3, 0.4) is 0 Å². The molecule has 0 aliphatic rings. The first-order chi connectivity index (χ1) is 9.70. The molecule has 3 nitrogen and oxygen atoms in total. The molecule has 0 bridgehead atoms. The summed E-state index contributed by atoms with van der Waals surface area (Å²) in [6.07, 6.45) is -0.452. The third kappa shape index (κ3) is 4.07. The van der Waals surface area contributed by atoms with Crippen LogP contribution in [-0.4, -0.2) is 18.3 Å². The quantitative estimate of drug-likeness (QED) is 0.820. The van der Waals surface area contributed by atoms with Crippen LogP contribution in [0.4, 0.5) is 0 Å². The summed E-state index contributed by atoms with van der Waals surface area (Å²) in [6, 6.07) is 10.2. The van der Waals surface area contributed by atoms with Crippen LogP contribution in [0.15, 0.2) is 41.1 Å². The number of ether oxygens (including phenoxy) is 1. The zero-order valence-electron chi connectivity index (χ0n) is 11.9. The van der Waals surface area contributed by atoms with Crippen LogP contribution in [-0.2, 0) is 0 Å². The zero-order chi connectivity index (χ0) is 14.4. The molecule has 0 spiro atoms. The molecule has 1 aromatic carbocycles. The van der Waals surface area contributed by atoms with Gasteiger partial charge in [-0.05, 0) is 53.9 Å². The standard InChI is InChI=1S/C16H21NO2S/c1-3-19-15-6-4-13(5-7-15)12(2)17-10-16(18)14-8-9-20-11-14/h4-9,11-12,16-18H,3,10H2,1-2H3. The van der Waals surface area contributed by atoms with Gasteiger partial charge >= 0.3 is 0 Å². The van der Waals surface area contributed by atoms with Gasteiger partial charge in [-0.1, -0.05) is 12.1 Å². The van der Waals surface area contributed by atoms with E-state index >= 15 is 0 Å². The van der Waals surface area contributed by atoms with Crippen LogP contribution >= 0.6 is 11.3 Å². The van der Waals surface area contributed by atoms with Gasteiger partial charge in [-0.15, -0.1) is 0 Å². The summed E-state index contributed by atoms with van der Waals surface area (Å²) in [5, 5.41) is 17.4. The van der Waals surface area contributed by atoms with E-state index in [1.54, 1.807) is 11.3 Å². The minimum atomic E-state index is -0.452. The van der Waals surface area contributed by atoms with Crippen molar-refractivity contribution in [3.8, 4) is 5.75 Å². The first-order valence-electron chi connectivity index (χ1n) is 6.87. The van der Waals surface area contributed by atoms with Crippen LogP contribution in [0, 0.1) is 0 Å². The van der Waals surface area contributed by atoms with E-state index < -0.39 is 6.10 Å². The SMILES string of the molecule is CCOc1ccc(C(C)NCC(O)c2ccsc2)cc1. The molecular formula is C16H21NO2S. The van der Waals surface area contributed by atoms with Gasteiger partial charge in [0.25, 0.3) is 0 Å². The maximum Gasteiger partial charge on any atom is 0.119 e. The minimum absolute atomic E-state index is 0.193. The molecule has 2 N–H and O–H groups in total. The van der Waals surface area contributed by atoms with Crippen molar-refractivity contribution < 1.29 is 9.84 Å². The molecule has 0 fully saturated rings. The van der Waals surface area contributed by atoms with Crippen molar-refractivity contribution in [1.29, 1.82) is 0 Å². The predicted molar refractivity (Wildman–Crippen MR) is 83.3 cm³/mol. The lowest BCUT2D eigenvalue weighted by Gasteiger charge is -2.17. The average molecular weight is 291 g/mol. The fraction of sp³-hybridized carbons (Fsp3) is 0.375. The Morgan fingerprint density at radius 1 is 1.20 bits per heavy atom. The number of thiophene rings is 1. The Bertz CT molecular complexity index is 496. The van der Waals surface area contributed by atoms with E-state index in [1.807, 2.05) is 35.9 Å². The maximum atomic E-state index is 10.0. The average Bonchev–Trinajstić information content (AvgIpc) is 3.00. The van der Waals surface area contributed by atoms with E-state index in [2.05, 4.69) is 24.4 Å². The molecule has 2 unspecified atom stereocenters. The van der Waals surface area contributed by atoms with Gasteiger partial charge in [0, 0.05) is 12.6 Å². The number of aliphatic hydroxyl groups is 1. The maximum absolute atomic E-state index is 10.0. The lowest BCUT2D eigenvalue weighted by molar-refractivity contribution is 0.171. The molecule has 2 atom stereocenters. The molecule has 108 valence electrons. The van der Waals surface area contributed by atoms with Crippen molar-refractivity contribution in [3.63, 3.8) is 0 Å². The molecule has 1 aromatic heterocycles. The largest absolute Gasteiger partial charge is 0.494 e. The van der Waals surface area contributed by atoms with Crippen molar-refractivity contribution in [2.45, 2.75) is 26.0 Å². The monoisotopic (exact) mass is 291 g/mol. The highest BCUT2D eigenvalue weighted by atomic mass is 32.1. The molecule has 0 amide bonds. The first-order valence-corrected chi connectivity index (χ1v) is 7.81. The summed E-state index contributed by atoms with van der Waals surface area (Å²) in [4.78, 5) is 0. The molecule has 0 aliphatic heterocycles. The number of rotatable bonds is 7. The highest BCUT2D eigenvalue weighted by molar-refractivity contribution is 7.07. The summed E-state index contributed by atoms with van der Waals surface area (Å²) in [5.41, 5.74) is 2.16. The van der Waals surface area contributed by atoms with E-state index in [1.165, 1.54) is 5.56 Å². The molecular weight excluding hydrogens is 270 g/mol. The second-order valence-electron chi connectivity index (χ2n) is 4.70. The van der Waals surface area contributed by atoms with Gasteiger partial charge in [0.1, 0.15) is 5.75 Å². The lowest BCUT2D eigenvalue weighted by Crippen LogP contribution is -2.24. The van der Waals surface area contributed by atoms with Gasteiger partial charge in [-0.2, -0.15) is 11.3 Å². The van der Waals surface area contributed by atoms with Crippen LogP contribution in [0.2, 0.25) is 0 Å². The van der Waals surface area contributed by atoms with Gasteiger partial charge in [0.05, 0.1) is 12.7 Å². The number of aliphatic hydroxyl groups excluding tert-OH is 1. The second kappa shape index (κ2) is 7.43. The summed E-state index contributed by atoms with van der Waals surface area (Å²) in [6.45, 7) is 5.30. The van der Waals surface area contributed by atoms with Crippen LogP contribution in [0.1, 0.15) is 37.1 Å². The molecule has 4 heteroatoms. The van der Waals surface area contributed by atoms with Gasteiger partial charge in [0.15, 0.2) is 0 Å². The molecule has 20 heavy (non-hydrogen) atoms. The number of nitrogens with one attached hydrogen (secondary N) is 1. The van der Waals surface area contributed by atoms with Gasteiger partial charge in [-0.25, -0.2) is 0 Å². The van der Waals surface area contributed by atoms with Crippen LogP contribution < -0.4 is 10.1 Å². The Kier molecular flexibility index (Phi) is 5.59. The van der Waals surface area contributed by atoms with Crippen LogP contribution in [0.25, 0.3) is 0 Å². The van der Waals surface area contributed by atoms with Gasteiger partial charge in [-0.3, -0.25) is 0 Å². The highest BCUT2D eigenvalue weighted by Gasteiger charge is 2.11. The smallest absolute Gasteiger partial charge is 0.119 e. The summed E-state index contributed by atoms with van der Waals surface area (Å²) < 4.78 is 5.43. The van der Waals surface area contributed by atoms with Crippen molar-refractivity contribution in [2.24, 2.45) is 0 Å². The van der Waals surface area contributed by atoms with Crippen molar-refractivity contribution in [1.82, 2.24) is 5.32 Å². The number of hydrogen-bond donors (Lipinski definition) is 2. The van der Waals surface area contributed by atoms with E-state index in [-0.39, 0.29) is 6.04 Å². The molecule has 0 radical (unpaired) electrons. The molecule has 0 aliphatic carbocycles. The Labute approximate surface area is 124 Å². The molecule has 1 heterocycles. The Morgan fingerprint density at radius 2 is 1.95 bits per heavy atom. The topological polar surface area (TPSA) is 41.5 Å². The first kappa shape index (κ1) is 15.0. The summed E-state index contributed by atoms with van der Waals surface area (Å²) >= 11 is 1.60. The highest BCUT2D eigenvalue weighted by Crippen LogP contribution is 2.19. The summed E-state index contributed by atoms with van der Waals surface area (Å²) in [7, 11) is 0. The van der Waals surface area contributed by atoms with Crippen LogP contribution in [0.5, 0.6) is 5.75 Å². The molecule has 0 saturated heterocycles. The third-order valence-electron chi connectivity index (χ3n) is 3.24. The number of benzene rings is 1. The molecule has 2 aromatic rings. The number of hydrogen-bond acceptors (Lipinski definition) is 4. The Morgan fingerprint density at radius 3 is 2.55 bits per heavy atom. The minimum Gasteiger partial charge on any atom is -0.494 e. The van der Waals surface area contributed by atoms with Gasteiger partial charge in [0.2, 0.25) is 0 Å². The summed E-state index contributed by atoms with van der Waals surface area (Å²) in [5.74, 6) is 0.891. The molecule has 0 saturated carbocycles. The van der Waals surface area contributed by atoms with Crippen molar-refractivity contribution in [2.75, 3.05) is 13.2 Å². The van der Waals surface area contributed by atoms with Crippen molar-refractivity contribution >= 4 is 11.3 Å². The third-order valence-corrected chi connectivity index (χ3v) is 3.94. The van der Waals surface area contributed by atoms with E-state index in [4.69, 9.17) is 4.74 Å². The Hall–Kier alpha value is -1.36. The lowest BCUT2D eigenvalue weighted by atomic mass is 10.1. The van der Waals surface area contributed by atoms with E-state index in [9.17, 15) is 5.11 Å².